The minimum atomic E-state index is -0.682. The fraction of sp³-hybridized carbons (Fsp3) is 0.125. The molecule has 10 nitrogen and oxygen atoms in total. The summed E-state index contributed by atoms with van der Waals surface area (Å²) >= 11 is 0. The summed E-state index contributed by atoms with van der Waals surface area (Å²) < 4.78 is 1.46. The number of amides is 1. The summed E-state index contributed by atoms with van der Waals surface area (Å²) in [7, 11) is 0. The fourth-order valence-corrected chi connectivity index (χ4v) is 2.30. The van der Waals surface area contributed by atoms with Crippen LogP contribution in [0.15, 0.2) is 47.6 Å². The summed E-state index contributed by atoms with van der Waals surface area (Å²) in [5, 5.41) is 32.2. The maximum absolute atomic E-state index is 12.3. The average molecular weight is 354 g/mol. The summed E-state index contributed by atoms with van der Waals surface area (Å²) in [5.74, 6) is -0.647. The number of phenols is 1. The number of para-hydroxylation sites is 1. The van der Waals surface area contributed by atoms with Gasteiger partial charge >= 0.3 is 0 Å². The SMILES string of the molecule is CC(C(=O)N/N=C/c1cc([N+](=O)[O-])ccc1O)n1nnc2ccccc21. The Bertz CT molecular complexity index is 1010. The van der Waals surface area contributed by atoms with Crippen molar-refractivity contribution >= 4 is 28.8 Å². The van der Waals surface area contributed by atoms with Gasteiger partial charge in [-0.1, -0.05) is 17.3 Å². The topological polar surface area (TPSA) is 136 Å². The molecule has 0 aliphatic rings. The highest BCUT2D eigenvalue weighted by Crippen LogP contribution is 2.21. The second kappa shape index (κ2) is 6.97. The van der Waals surface area contributed by atoms with E-state index in [4.69, 9.17) is 0 Å². The Morgan fingerprint density at radius 3 is 2.92 bits per heavy atom. The lowest BCUT2D eigenvalue weighted by Gasteiger charge is -2.10. The van der Waals surface area contributed by atoms with Gasteiger partial charge in [0.05, 0.1) is 16.7 Å². The molecule has 2 N–H and O–H groups in total. The highest BCUT2D eigenvalue weighted by Gasteiger charge is 2.18. The van der Waals surface area contributed by atoms with Crippen LogP contribution in [0.1, 0.15) is 18.5 Å². The van der Waals surface area contributed by atoms with Crippen molar-refractivity contribution < 1.29 is 14.8 Å². The van der Waals surface area contributed by atoms with E-state index < -0.39 is 16.9 Å². The Balaban J connectivity index is 1.73. The van der Waals surface area contributed by atoms with Crippen LogP contribution < -0.4 is 5.43 Å². The normalized spacial score (nSPS) is 12.3. The number of nitrogens with one attached hydrogen (secondary N) is 1. The summed E-state index contributed by atoms with van der Waals surface area (Å²) in [4.78, 5) is 22.4. The number of nitro groups is 1. The Kier molecular flexibility index (Phi) is 4.56. The molecular weight excluding hydrogens is 340 g/mol. The average Bonchev–Trinajstić information content (AvgIpc) is 3.06. The number of benzene rings is 2. The van der Waals surface area contributed by atoms with E-state index in [0.717, 1.165) is 12.3 Å². The maximum atomic E-state index is 12.3. The molecule has 0 saturated carbocycles. The zero-order valence-corrected chi connectivity index (χ0v) is 13.6. The van der Waals surface area contributed by atoms with Crippen LogP contribution in [0.4, 0.5) is 5.69 Å². The van der Waals surface area contributed by atoms with Crippen LogP contribution in [0.5, 0.6) is 5.75 Å². The molecule has 0 aliphatic heterocycles. The third-order valence-electron chi connectivity index (χ3n) is 3.72. The zero-order valence-electron chi connectivity index (χ0n) is 13.6. The van der Waals surface area contributed by atoms with Gasteiger partial charge < -0.3 is 5.11 Å². The summed E-state index contributed by atoms with van der Waals surface area (Å²) in [6.45, 7) is 1.64. The van der Waals surface area contributed by atoms with Crippen LogP contribution in [0, 0.1) is 10.1 Å². The van der Waals surface area contributed by atoms with Crippen LogP contribution in [0.25, 0.3) is 11.0 Å². The molecule has 1 amide bonds. The van der Waals surface area contributed by atoms with Crippen molar-refractivity contribution in [2.75, 3.05) is 0 Å². The van der Waals surface area contributed by atoms with Gasteiger partial charge in [0.25, 0.3) is 11.6 Å². The van der Waals surface area contributed by atoms with Gasteiger partial charge in [0.1, 0.15) is 17.3 Å². The number of non-ortho nitro benzene ring substituents is 1. The van der Waals surface area contributed by atoms with Crippen molar-refractivity contribution in [3.8, 4) is 5.75 Å². The Morgan fingerprint density at radius 1 is 1.38 bits per heavy atom. The summed E-state index contributed by atoms with van der Waals surface area (Å²) in [6.07, 6.45) is 1.13. The predicted molar refractivity (Wildman–Crippen MR) is 92.7 cm³/mol. The van der Waals surface area contributed by atoms with E-state index in [1.807, 2.05) is 12.1 Å². The number of carbonyl (C=O) groups is 1. The maximum Gasteiger partial charge on any atom is 0.270 e. The lowest BCUT2D eigenvalue weighted by Crippen LogP contribution is -2.28. The molecule has 0 fully saturated rings. The van der Waals surface area contributed by atoms with E-state index in [1.165, 1.54) is 16.8 Å². The van der Waals surface area contributed by atoms with Gasteiger partial charge in [0, 0.05) is 17.7 Å². The summed E-state index contributed by atoms with van der Waals surface area (Å²) in [6, 6.07) is 10.0. The fourth-order valence-electron chi connectivity index (χ4n) is 2.30. The van der Waals surface area contributed by atoms with Gasteiger partial charge in [-0.15, -0.1) is 5.10 Å². The van der Waals surface area contributed by atoms with Crippen molar-refractivity contribution in [2.24, 2.45) is 5.10 Å². The van der Waals surface area contributed by atoms with Crippen LogP contribution in [-0.4, -0.2) is 37.1 Å². The molecular formula is C16H14N6O4. The Morgan fingerprint density at radius 2 is 2.15 bits per heavy atom. The smallest absolute Gasteiger partial charge is 0.270 e. The third-order valence-corrected chi connectivity index (χ3v) is 3.72. The standard InChI is InChI=1S/C16H14N6O4/c1-10(21-14-5-3-2-4-13(14)18-20-21)16(24)19-17-9-11-8-12(22(25)26)6-7-15(11)23/h2-10,23H,1H3,(H,19,24)/b17-9+. The van der Waals surface area contributed by atoms with Crippen LogP contribution in [0.3, 0.4) is 0 Å². The lowest BCUT2D eigenvalue weighted by atomic mass is 10.2. The van der Waals surface area contributed by atoms with Gasteiger partial charge in [-0.2, -0.15) is 5.10 Å². The molecule has 1 unspecified atom stereocenters. The first-order valence-corrected chi connectivity index (χ1v) is 7.57. The van der Waals surface area contributed by atoms with Crippen LogP contribution in [0.2, 0.25) is 0 Å². The van der Waals surface area contributed by atoms with E-state index in [2.05, 4.69) is 20.8 Å². The monoisotopic (exact) mass is 354 g/mol. The quantitative estimate of drug-likeness (QED) is 0.407. The Hall–Kier alpha value is -3.82. The van der Waals surface area contributed by atoms with Gasteiger partial charge in [0.15, 0.2) is 0 Å². The molecule has 3 aromatic rings. The van der Waals surface area contributed by atoms with Gasteiger partial charge in [0.2, 0.25) is 0 Å². The van der Waals surface area contributed by atoms with E-state index in [-0.39, 0.29) is 17.0 Å². The molecule has 10 heteroatoms. The van der Waals surface area contributed by atoms with E-state index in [1.54, 1.807) is 19.1 Å². The van der Waals surface area contributed by atoms with Gasteiger partial charge in [-0.3, -0.25) is 14.9 Å². The molecule has 0 saturated heterocycles. The van der Waals surface area contributed by atoms with Crippen molar-refractivity contribution in [3.05, 3.63) is 58.1 Å². The van der Waals surface area contributed by atoms with Crippen LogP contribution in [-0.2, 0) is 4.79 Å². The van der Waals surface area contributed by atoms with Crippen molar-refractivity contribution in [1.82, 2.24) is 20.4 Å². The predicted octanol–water partition coefficient (Wildman–Crippen LogP) is 1.76. The first-order chi connectivity index (χ1) is 12.5. The number of nitro benzene ring substituents is 1. The van der Waals surface area contributed by atoms with Gasteiger partial charge in [-0.05, 0) is 25.1 Å². The molecule has 1 heterocycles. The zero-order chi connectivity index (χ0) is 18.7. The number of aromatic nitrogens is 3. The minimum Gasteiger partial charge on any atom is -0.507 e. The molecule has 0 aliphatic carbocycles. The van der Waals surface area contributed by atoms with Crippen molar-refractivity contribution in [1.29, 1.82) is 0 Å². The number of hydrogen-bond donors (Lipinski definition) is 2. The van der Waals surface area contributed by atoms with E-state index in [0.29, 0.717) is 11.0 Å². The van der Waals surface area contributed by atoms with Crippen molar-refractivity contribution in [2.45, 2.75) is 13.0 Å². The second-order valence-corrected chi connectivity index (χ2v) is 5.43. The first-order valence-electron chi connectivity index (χ1n) is 7.57. The molecule has 0 spiro atoms. The first kappa shape index (κ1) is 17.0. The molecule has 1 atom stereocenters. The number of rotatable bonds is 5. The largest absolute Gasteiger partial charge is 0.507 e. The summed E-state index contributed by atoms with van der Waals surface area (Å²) in [5.41, 5.74) is 3.60. The molecule has 0 bridgehead atoms. The molecule has 3 rings (SSSR count). The molecule has 26 heavy (non-hydrogen) atoms. The molecule has 1 aromatic heterocycles. The molecule has 0 radical (unpaired) electrons. The lowest BCUT2D eigenvalue weighted by molar-refractivity contribution is -0.384. The number of carbonyl (C=O) groups excluding carboxylic acids is 1. The third kappa shape index (κ3) is 3.34. The highest BCUT2D eigenvalue weighted by atomic mass is 16.6. The number of hydrogen-bond acceptors (Lipinski definition) is 7. The minimum absolute atomic E-state index is 0.110. The van der Waals surface area contributed by atoms with Crippen molar-refractivity contribution in [3.63, 3.8) is 0 Å². The van der Waals surface area contributed by atoms with E-state index in [9.17, 15) is 20.0 Å². The van der Waals surface area contributed by atoms with Crippen LogP contribution >= 0.6 is 0 Å². The number of phenolic OH excluding ortho intramolecular Hbond substituents is 1. The number of aromatic hydroxyl groups is 1. The highest BCUT2D eigenvalue weighted by molar-refractivity contribution is 5.87. The number of hydrazone groups is 1. The van der Waals surface area contributed by atoms with Gasteiger partial charge in [-0.25, -0.2) is 10.1 Å². The number of fused-ring (bicyclic) bond motifs is 1. The second-order valence-electron chi connectivity index (χ2n) is 5.43. The molecule has 2 aromatic carbocycles. The molecule has 132 valence electrons. The van der Waals surface area contributed by atoms with E-state index >= 15 is 0 Å². The number of nitrogens with zero attached hydrogens (tertiary/aromatic N) is 5. The Labute approximate surface area is 146 Å².